The lowest BCUT2D eigenvalue weighted by Crippen LogP contribution is -2.35. The molecule has 0 N–H and O–H groups in total. The molecule has 104 valence electrons. The second kappa shape index (κ2) is 7.70. The van der Waals surface area contributed by atoms with Crippen molar-refractivity contribution in [3.8, 4) is 0 Å². The van der Waals surface area contributed by atoms with Crippen LogP contribution in [0, 0.1) is 0 Å². The van der Waals surface area contributed by atoms with E-state index in [2.05, 4.69) is 14.5 Å². The van der Waals surface area contributed by atoms with Crippen LogP contribution in [0.2, 0.25) is 5.15 Å². The number of aromatic nitrogens is 1. The van der Waals surface area contributed by atoms with Crippen LogP contribution < -0.4 is 0 Å². The highest BCUT2D eigenvalue weighted by Crippen LogP contribution is 2.08. The monoisotopic (exact) mass is 286 g/mol. The third kappa shape index (κ3) is 5.67. The fourth-order valence-electron chi connectivity index (χ4n) is 1.42. The third-order valence-corrected chi connectivity index (χ3v) is 2.58. The summed E-state index contributed by atoms with van der Waals surface area (Å²) in [5.74, 6) is -0.850. The minimum Gasteiger partial charge on any atom is -0.468 e. The molecule has 0 atom stereocenters. The molecule has 0 aromatic carbocycles. The number of hydrogen-bond acceptors (Lipinski definition) is 6. The normalized spacial score (nSPS) is 10.3. The van der Waals surface area contributed by atoms with Gasteiger partial charge in [0.2, 0.25) is 0 Å². The predicted octanol–water partition coefficient (Wildman–Crippen LogP) is 0.883. The zero-order chi connectivity index (χ0) is 14.3. The number of esters is 2. The van der Waals surface area contributed by atoms with Crippen LogP contribution in [0.1, 0.15) is 5.56 Å². The summed E-state index contributed by atoms with van der Waals surface area (Å²) in [6, 6.07) is 3.42. The number of pyridine rings is 1. The molecule has 1 aromatic heterocycles. The van der Waals surface area contributed by atoms with Gasteiger partial charge in [-0.25, -0.2) is 4.98 Å². The van der Waals surface area contributed by atoms with E-state index in [0.717, 1.165) is 5.56 Å². The van der Waals surface area contributed by atoms with E-state index in [4.69, 9.17) is 11.6 Å². The van der Waals surface area contributed by atoms with Gasteiger partial charge in [0.15, 0.2) is 0 Å². The molecule has 6 nitrogen and oxygen atoms in total. The molecule has 0 unspecified atom stereocenters. The van der Waals surface area contributed by atoms with E-state index in [9.17, 15) is 9.59 Å². The second-order valence-corrected chi connectivity index (χ2v) is 4.17. The molecular weight excluding hydrogens is 272 g/mol. The van der Waals surface area contributed by atoms with Crippen LogP contribution in [0.4, 0.5) is 0 Å². The fourth-order valence-corrected chi connectivity index (χ4v) is 1.53. The number of ether oxygens (including phenoxy) is 2. The summed E-state index contributed by atoms with van der Waals surface area (Å²) in [5.41, 5.74) is 0.831. The maximum absolute atomic E-state index is 11.3. The van der Waals surface area contributed by atoms with Gasteiger partial charge in [0, 0.05) is 12.7 Å². The van der Waals surface area contributed by atoms with E-state index in [1.165, 1.54) is 14.2 Å². The van der Waals surface area contributed by atoms with Gasteiger partial charge in [-0.1, -0.05) is 17.7 Å². The molecule has 0 amide bonds. The molecule has 1 rings (SSSR count). The summed E-state index contributed by atoms with van der Waals surface area (Å²) in [6.07, 6.45) is 1.59. The molecule has 1 heterocycles. The Labute approximate surface area is 116 Å². The maximum atomic E-state index is 11.3. The first-order valence-electron chi connectivity index (χ1n) is 5.51. The van der Waals surface area contributed by atoms with Crippen LogP contribution in [0.5, 0.6) is 0 Å². The highest BCUT2D eigenvalue weighted by atomic mass is 35.5. The van der Waals surface area contributed by atoms with E-state index >= 15 is 0 Å². The lowest BCUT2D eigenvalue weighted by atomic mass is 10.2. The minimum atomic E-state index is -0.425. The molecule has 0 spiro atoms. The van der Waals surface area contributed by atoms with Crippen molar-refractivity contribution in [2.75, 3.05) is 27.3 Å². The van der Waals surface area contributed by atoms with Crippen LogP contribution in [0.25, 0.3) is 0 Å². The first-order chi connectivity index (χ1) is 9.05. The van der Waals surface area contributed by atoms with E-state index in [1.807, 2.05) is 0 Å². The zero-order valence-electron chi connectivity index (χ0n) is 10.8. The van der Waals surface area contributed by atoms with Crippen molar-refractivity contribution in [2.45, 2.75) is 6.54 Å². The quantitative estimate of drug-likeness (QED) is 0.571. The molecular formula is C12H15ClN2O4. The van der Waals surface area contributed by atoms with Crippen LogP contribution in [-0.2, 0) is 25.6 Å². The molecule has 0 radical (unpaired) electrons. The van der Waals surface area contributed by atoms with Crippen LogP contribution in [-0.4, -0.2) is 49.1 Å². The molecule has 19 heavy (non-hydrogen) atoms. The second-order valence-electron chi connectivity index (χ2n) is 3.79. The lowest BCUT2D eigenvalue weighted by Gasteiger charge is -2.19. The van der Waals surface area contributed by atoms with Gasteiger partial charge in [-0.05, 0) is 11.6 Å². The van der Waals surface area contributed by atoms with Crippen LogP contribution in [0.3, 0.4) is 0 Å². The van der Waals surface area contributed by atoms with Gasteiger partial charge in [0.05, 0.1) is 27.3 Å². The molecule has 0 aliphatic carbocycles. The maximum Gasteiger partial charge on any atom is 0.319 e. The Morgan fingerprint density at radius 3 is 2.21 bits per heavy atom. The Morgan fingerprint density at radius 2 is 1.79 bits per heavy atom. The minimum absolute atomic E-state index is 0.00573. The molecule has 0 aliphatic rings. The van der Waals surface area contributed by atoms with E-state index in [1.54, 1.807) is 23.2 Å². The smallest absolute Gasteiger partial charge is 0.319 e. The average Bonchev–Trinajstić information content (AvgIpc) is 2.40. The van der Waals surface area contributed by atoms with Crippen molar-refractivity contribution >= 4 is 23.5 Å². The van der Waals surface area contributed by atoms with Crippen LogP contribution in [0.15, 0.2) is 18.3 Å². The summed E-state index contributed by atoms with van der Waals surface area (Å²) < 4.78 is 9.17. The summed E-state index contributed by atoms with van der Waals surface area (Å²) in [5, 5.41) is 0.385. The Hall–Kier alpha value is -1.66. The number of carbonyl (C=O) groups excluding carboxylic acids is 2. The first-order valence-corrected chi connectivity index (χ1v) is 5.89. The summed E-state index contributed by atoms with van der Waals surface area (Å²) in [6.45, 7) is 0.358. The van der Waals surface area contributed by atoms with Crippen molar-refractivity contribution in [2.24, 2.45) is 0 Å². The third-order valence-electron chi connectivity index (χ3n) is 2.36. The van der Waals surface area contributed by atoms with Crippen molar-refractivity contribution < 1.29 is 19.1 Å². The van der Waals surface area contributed by atoms with E-state index < -0.39 is 11.9 Å². The van der Waals surface area contributed by atoms with E-state index in [0.29, 0.717) is 11.7 Å². The molecule has 0 aliphatic heterocycles. The SMILES string of the molecule is COC(=O)CN(CC(=O)OC)Cc1ccc(Cl)nc1. The van der Waals surface area contributed by atoms with Crippen molar-refractivity contribution in [3.63, 3.8) is 0 Å². The first kappa shape index (κ1) is 15.4. The number of hydrogen-bond donors (Lipinski definition) is 0. The summed E-state index contributed by atoms with van der Waals surface area (Å²) in [4.78, 5) is 28.1. The van der Waals surface area contributed by atoms with Gasteiger partial charge in [-0.2, -0.15) is 0 Å². The van der Waals surface area contributed by atoms with Crippen molar-refractivity contribution in [1.82, 2.24) is 9.88 Å². The van der Waals surface area contributed by atoms with Gasteiger partial charge < -0.3 is 9.47 Å². The Bertz CT molecular complexity index is 418. The Kier molecular flexibility index (Phi) is 6.24. The number of methoxy groups -OCH3 is 2. The summed E-state index contributed by atoms with van der Waals surface area (Å²) >= 11 is 5.69. The molecule has 0 saturated heterocycles. The highest BCUT2D eigenvalue weighted by molar-refractivity contribution is 6.29. The van der Waals surface area contributed by atoms with Gasteiger partial charge >= 0.3 is 11.9 Å². The van der Waals surface area contributed by atoms with Gasteiger partial charge in [0.25, 0.3) is 0 Å². The van der Waals surface area contributed by atoms with Gasteiger partial charge in [-0.3, -0.25) is 14.5 Å². The largest absolute Gasteiger partial charge is 0.468 e. The van der Waals surface area contributed by atoms with Crippen molar-refractivity contribution in [1.29, 1.82) is 0 Å². The number of nitrogens with zero attached hydrogens (tertiary/aromatic N) is 2. The number of carbonyl (C=O) groups is 2. The van der Waals surface area contributed by atoms with Crippen molar-refractivity contribution in [3.05, 3.63) is 29.0 Å². The van der Waals surface area contributed by atoms with Gasteiger partial charge in [-0.15, -0.1) is 0 Å². The molecule has 0 bridgehead atoms. The van der Waals surface area contributed by atoms with E-state index in [-0.39, 0.29) is 13.1 Å². The summed E-state index contributed by atoms with van der Waals surface area (Å²) in [7, 11) is 2.59. The number of rotatable bonds is 6. The Balaban J connectivity index is 2.69. The number of halogens is 1. The molecule has 0 fully saturated rings. The zero-order valence-corrected chi connectivity index (χ0v) is 11.5. The van der Waals surface area contributed by atoms with Gasteiger partial charge in [0.1, 0.15) is 5.15 Å². The molecule has 0 saturated carbocycles. The predicted molar refractivity (Wildman–Crippen MR) is 68.6 cm³/mol. The highest BCUT2D eigenvalue weighted by Gasteiger charge is 2.15. The lowest BCUT2D eigenvalue weighted by molar-refractivity contribution is -0.145. The average molecular weight is 287 g/mol. The molecule has 1 aromatic rings. The topological polar surface area (TPSA) is 68.7 Å². The van der Waals surface area contributed by atoms with Crippen LogP contribution >= 0.6 is 11.6 Å². The fraction of sp³-hybridized carbons (Fsp3) is 0.417. The molecule has 7 heteroatoms. The standard InChI is InChI=1S/C12H15ClN2O4/c1-18-11(16)7-15(8-12(17)19-2)6-9-3-4-10(13)14-5-9/h3-5H,6-8H2,1-2H3. The Morgan fingerprint density at radius 1 is 1.21 bits per heavy atom.